The number of carbonyl (C=O) groups excluding carboxylic acids is 1. The molecule has 0 aromatic heterocycles. The summed E-state index contributed by atoms with van der Waals surface area (Å²) in [4.78, 5) is 10.1. The van der Waals surface area contributed by atoms with Gasteiger partial charge in [-0.05, 0) is 6.92 Å². The van der Waals surface area contributed by atoms with E-state index in [0.717, 1.165) is 6.92 Å². The minimum Gasteiger partial charge on any atom is -0.435 e. The zero-order valence-electron chi connectivity index (χ0n) is 6.03. The Morgan fingerprint density at radius 1 is 1.45 bits per heavy atom. The van der Waals surface area contributed by atoms with Crippen LogP contribution in [0.2, 0.25) is 0 Å². The van der Waals surface area contributed by atoms with Crippen LogP contribution in [0, 0.1) is 0 Å². The first kappa shape index (κ1) is 10.2. The Hall–Kier alpha value is -0.780. The smallest absolute Gasteiger partial charge is 0.435 e. The molecule has 0 aliphatic carbocycles. The van der Waals surface area contributed by atoms with Crippen molar-refractivity contribution >= 4 is 5.97 Å². The second-order valence-corrected chi connectivity index (χ2v) is 2.20. The highest BCUT2D eigenvalue weighted by molar-refractivity contribution is 5.66. The largest absolute Gasteiger partial charge is 0.442 e. The van der Waals surface area contributed by atoms with Crippen LogP contribution < -0.4 is 5.73 Å². The van der Waals surface area contributed by atoms with Crippen LogP contribution in [-0.2, 0) is 9.53 Å². The van der Waals surface area contributed by atoms with Crippen LogP contribution in [0.3, 0.4) is 0 Å². The molecular formula is C5H8F3NO2. The molecule has 3 nitrogen and oxygen atoms in total. The summed E-state index contributed by atoms with van der Waals surface area (Å²) in [6.07, 6.45) is -4.74. The molecule has 0 heterocycles. The minimum atomic E-state index is -4.74. The van der Waals surface area contributed by atoms with Crippen molar-refractivity contribution in [2.24, 2.45) is 5.73 Å². The van der Waals surface area contributed by atoms with E-state index in [1.165, 1.54) is 0 Å². The Kier molecular flexibility index (Phi) is 2.50. The number of esters is 1. The fraction of sp³-hybridized carbons (Fsp3) is 0.800. The van der Waals surface area contributed by atoms with Gasteiger partial charge >= 0.3 is 12.1 Å². The molecule has 0 radical (unpaired) electrons. The van der Waals surface area contributed by atoms with E-state index < -0.39 is 17.9 Å². The lowest BCUT2D eigenvalue weighted by atomic mass is 10.3. The highest BCUT2D eigenvalue weighted by Crippen LogP contribution is 2.28. The van der Waals surface area contributed by atoms with E-state index in [0.29, 0.717) is 6.92 Å². The quantitative estimate of drug-likeness (QED) is 0.468. The average molecular weight is 171 g/mol. The van der Waals surface area contributed by atoms with Gasteiger partial charge in [-0.1, -0.05) is 0 Å². The number of nitrogens with two attached hydrogens (primary N) is 1. The fourth-order valence-corrected chi connectivity index (χ4v) is 0.356. The lowest BCUT2D eigenvalue weighted by molar-refractivity contribution is -0.261. The molecule has 0 amide bonds. The predicted octanol–water partition coefficient (Wildman–Crippen LogP) is 0.787. The van der Waals surface area contributed by atoms with Crippen LogP contribution in [0.4, 0.5) is 13.2 Å². The number of alkyl halides is 3. The normalized spacial score (nSPS) is 17.3. The molecule has 0 rings (SSSR count). The van der Waals surface area contributed by atoms with Crippen LogP contribution in [-0.4, -0.2) is 17.9 Å². The molecule has 0 aromatic rings. The molecule has 0 bridgehead atoms. The first-order valence-electron chi connectivity index (χ1n) is 2.72. The van der Waals surface area contributed by atoms with E-state index in [2.05, 4.69) is 10.5 Å². The van der Waals surface area contributed by atoms with Gasteiger partial charge in [0.25, 0.3) is 5.72 Å². The van der Waals surface area contributed by atoms with Crippen molar-refractivity contribution in [2.75, 3.05) is 0 Å². The van der Waals surface area contributed by atoms with Gasteiger partial charge in [0.05, 0.1) is 0 Å². The number of hydrogen-bond donors (Lipinski definition) is 1. The third kappa shape index (κ3) is 2.75. The zero-order chi connectivity index (χ0) is 9.28. The van der Waals surface area contributed by atoms with Gasteiger partial charge < -0.3 is 4.74 Å². The van der Waals surface area contributed by atoms with Gasteiger partial charge in [0, 0.05) is 6.92 Å². The Bertz CT molecular complexity index is 164. The molecule has 0 aromatic carbocycles. The Balaban J connectivity index is 4.34. The van der Waals surface area contributed by atoms with Crippen molar-refractivity contribution in [1.82, 2.24) is 0 Å². The number of ether oxygens (including phenoxy) is 1. The molecule has 2 N–H and O–H groups in total. The second kappa shape index (κ2) is 2.69. The van der Waals surface area contributed by atoms with Gasteiger partial charge in [0.2, 0.25) is 0 Å². The average Bonchev–Trinajstić information content (AvgIpc) is 1.56. The van der Waals surface area contributed by atoms with E-state index in [-0.39, 0.29) is 0 Å². The number of halogens is 3. The molecule has 1 unspecified atom stereocenters. The van der Waals surface area contributed by atoms with Gasteiger partial charge in [-0.2, -0.15) is 13.2 Å². The summed E-state index contributed by atoms with van der Waals surface area (Å²) in [6, 6.07) is 0. The molecule has 66 valence electrons. The molecule has 0 saturated carbocycles. The number of rotatable bonds is 1. The second-order valence-electron chi connectivity index (χ2n) is 2.20. The number of carbonyl (C=O) groups is 1. The third-order valence-corrected chi connectivity index (χ3v) is 0.919. The van der Waals surface area contributed by atoms with Crippen molar-refractivity contribution in [3.8, 4) is 0 Å². The Morgan fingerprint density at radius 2 is 1.82 bits per heavy atom. The molecule has 0 fully saturated rings. The lowest BCUT2D eigenvalue weighted by Crippen LogP contribution is -2.53. The minimum absolute atomic E-state index is 0.578. The standard InChI is InChI=1S/C5H8F3NO2/c1-3(10)11-4(2,9)5(6,7)8/h9H2,1-2H3. The van der Waals surface area contributed by atoms with Crippen LogP contribution in [0.15, 0.2) is 0 Å². The summed E-state index contributed by atoms with van der Waals surface area (Å²) in [7, 11) is 0. The molecule has 11 heavy (non-hydrogen) atoms. The highest BCUT2D eigenvalue weighted by atomic mass is 19.4. The number of hydrogen-bond acceptors (Lipinski definition) is 3. The molecular weight excluding hydrogens is 163 g/mol. The summed E-state index contributed by atoms with van der Waals surface area (Å²) in [5, 5.41) is 0. The maximum atomic E-state index is 11.8. The van der Waals surface area contributed by atoms with Gasteiger partial charge in [0.1, 0.15) is 0 Å². The van der Waals surface area contributed by atoms with E-state index in [1.54, 1.807) is 0 Å². The van der Waals surface area contributed by atoms with Gasteiger partial charge in [-0.25, -0.2) is 0 Å². The molecule has 0 saturated heterocycles. The van der Waals surface area contributed by atoms with Crippen molar-refractivity contribution in [3.05, 3.63) is 0 Å². The predicted molar refractivity (Wildman–Crippen MR) is 30.4 cm³/mol. The van der Waals surface area contributed by atoms with Crippen LogP contribution in [0.25, 0.3) is 0 Å². The highest BCUT2D eigenvalue weighted by Gasteiger charge is 2.51. The summed E-state index contributed by atoms with van der Waals surface area (Å²) in [6.45, 7) is 1.44. The summed E-state index contributed by atoms with van der Waals surface area (Å²) in [5.74, 6) is -1.06. The van der Waals surface area contributed by atoms with Crippen molar-refractivity contribution in [3.63, 3.8) is 0 Å². The summed E-state index contributed by atoms with van der Waals surface area (Å²) >= 11 is 0. The third-order valence-electron chi connectivity index (χ3n) is 0.919. The van der Waals surface area contributed by atoms with Crippen LogP contribution >= 0.6 is 0 Å². The first-order chi connectivity index (χ1) is 4.67. The van der Waals surface area contributed by atoms with Gasteiger partial charge in [0.15, 0.2) is 0 Å². The Morgan fingerprint density at radius 3 is 1.91 bits per heavy atom. The maximum absolute atomic E-state index is 11.8. The SMILES string of the molecule is CC(=O)OC(C)(N)C(F)(F)F. The van der Waals surface area contributed by atoms with Crippen molar-refractivity contribution in [1.29, 1.82) is 0 Å². The molecule has 0 spiro atoms. The zero-order valence-corrected chi connectivity index (χ0v) is 6.03. The van der Waals surface area contributed by atoms with Crippen LogP contribution in [0.1, 0.15) is 13.8 Å². The molecule has 0 aliphatic heterocycles. The van der Waals surface area contributed by atoms with E-state index in [4.69, 9.17) is 0 Å². The van der Waals surface area contributed by atoms with E-state index >= 15 is 0 Å². The monoisotopic (exact) mass is 171 g/mol. The molecule has 0 aliphatic rings. The maximum Gasteiger partial charge on any atom is 0.442 e. The van der Waals surface area contributed by atoms with E-state index in [9.17, 15) is 18.0 Å². The lowest BCUT2D eigenvalue weighted by Gasteiger charge is -2.26. The van der Waals surface area contributed by atoms with E-state index in [1.807, 2.05) is 0 Å². The van der Waals surface area contributed by atoms with Crippen molar-refractivity contribution < 1.29 is 22.7 Å². The van der Waals surface area contributed by atoms with Gasteiger partial charge in [-0.15, -0.1) is 0 Å². The van der Waals surface area contributed by atoms with Crippen molar-refractivity contribution in [2.45, 2.75) is 25.7 Å². The molecule has 6 heteroatoms. The molecule has 1 atom stereocenters. The first-order valence-corrected chi connectivity index (χ1v) is 2.72. The Labute approximate surface area is 61.3 Å². The summed E-state index contributed by atoms with van der Waals surface area (Å²) in [5.41, 5.74) is 1.74. The topological polar surface area (TPSA) is 52.3 Å². The van der Waals surface area contributed by atoms with Crippen LogP contribution in [0.5, 0.6) is 0 Å². The van der Waals surface area contributed by atoms with Gasteiger partial charge in [-0.3, -0.25) is 10.5 Å². The summed E-state index contributed by atoms with van der Waals surface area (Å²) < 4.78 is 39.2. The fourth-order valence-electron chi connectivity index (χ4n) is 0.356.